The molecule has 2 amide bonds. The van der Waals surface area contributed by atoms with Crippen molar-refractivity contribution in [3.63, 3.8) is 0 Å². The molecule has 7 nitrogen and oxygen atoms in total. The van der Waals surface area contributed by atoms with Crippen LogP contribution in [0.2, 0.25) is 0 Å². The Labute approximate surface area is 148 Å². The van der Waals surface area contributed by atoms with Crippen LogP contribution in [0.15, 0.2) is 24.3 Å². The highest BCUT2D eigenvalue weighted by Gasteiger charge is 2.21. The van der Waals surface area contributed by atoms with Gasteiger partial charge in [-0.05, 0) is 56.1 Å². The summed E-state index contributed by atoms with van der Waals surface area (Å²) in [7, 11) is 3.28. The third-order valence-electron chi connectivity index (χ3n) is 4.42. The highest BCUT2D eigenvalue weighted by molar-refractivity contribution is 6.39. The van der Waals surface area contributed by atoms with Crippen LogP contribution in [0.5, 0.6) is 5.75 Å². The SMILES string of the molecule is COCCN1CCC(CNC(=O)C(=O)Nc2ccc(OC)cc2)CC1. The van der Waals surface area contributed by atoms with Gasteiger partial charge in [-0.2, -0.15) is 0 Å². The largest absolute Gasteiger partial charge is 0.497 e. The van der Waals surface area contributed by atoms with Crippen LogP contribution < -0.4 is 15.4 Å². The number of piperidine rings is 1. The maximum atomic E-state index is 11.9. The van der Waals surface area contributed by atoms with Crippen LogP contribution in [-0.4, -0.2) is 63.7 Å². The molecular formula is C18H27N3O4. The van der Waals surface area contributed by atoms with Crippen LogP contribution in [0.1, 0.15) is 12.8 Å². The summed E-state index contributed by atoms with van der Waals surface area (Å²) in [6.07, 6.45) is 2.04. The van der Waals surface area contributed by atoms with E-state index in [1.54, 1.807) is 38.5 Å². The molecule has 0 saturated carbocycles. The molecule has 0 radical (unpaired) electrons. The molecule has 138 valence electrons. The molecule has 2 N–H and O–H groups in total. The van der Waals surface area contributed by atoms with Gasteiger partial charge in [0.15, 0.2) is 0 Å². The minimum Gasteiger partial charge on any atom is -0.497 e. The van der Waals surface area contributed by atoms with E-state index in [0.717, 1.165) is 39.1 Å². The number of likely N-dealkylation sites (tertiary alicyclic amines) is 1. The Morgan fingerprint density at radius 2 is 1.80 bits per heavy atom. The summed E-state index contributed by atoms with van der Waals surface area (Å²) < 4.78 is 10.1. The number of hydrogen-bond acceptors (Lipinski definition) is 5. The van der Waals surface area contributed by atoms with Gasteiger partial charge in [-0.1, -0.05) is 0 Å². The molecular weight excluding hydrogens is 322 g/mol. The predicted octanol–water partition coefficient (Wildman–Crippen LogP) is 1.11. The number of hydrogen-bond donors (Lipinski definition) is 2. The zero-order chi connectivity index (χ0) is 18.1. The van der Waals surface area contributed by atoms with Crippen LogP contribution in [0.4, 0.5) is 5.69 Å². The van der Waals surface area contributed by atoms with Crippen molar-refractivity contribution in [2.24, 2.45) is 5.92 Å². The van der Waals surface area contributed by atoms with Gasteiger partial charge in [0, 0.05) is 25.9 Å². The fourth-order valence-electron chi connectivity index (χ4n) is 2.81. The average molecular weight is 349 g/mol. The third kappa shape index (κ3) is 6.36. The van der Waals surface area contributed by atoms with Gasteiger partial charge in [-0.3, -0.25) is 9.59 Å². The number of nitrogens with zero attached hydrogens (tertiary/aromatic N) is 1. The van der Waals surface area contributed by atoms with Crippen molar-refractivity contribution in [3.8, 4) is 5.75 Å². The first-order chi connectivity index (χ1) is 12.1. The van der Waals surface area contributed by atoms with E-state index in [0.29, 0.717) is 23.9 Å². The fourth-order valence-corrected chi connectivity index (χ4v) is 2.81. The Kier molecular flexibility index (Phi) is 7.69. The monoisotopic (exact) mass is 349 g/mol. The molecule has 1 saturated heterocycles. The van der Waals surface area contributed by atoms with Crippen molar-refractivity contribution < 1.29 is 19.1 Å². The third-order valence-corrected chi connectivity index (χ3v) is 4.42. The minimum absolute atomic E-state index is 0.413. The van der Waals surface area contributed by atoms with Gasteiger partial charge in [0.05, 0.1) is 13.7 Å². The predicted molar refractivity (Wildman–Crippen MR) is 95.7 cm³/mol. The van der Waals surface area contributed by atoms with Crippen LogP contribution >= 0.6 is 0 Å². The lowest BCUT2D eigenvalue weighted by Crippen LogP contribution is -2.42. The molecule has 1 aliphatic heterocycles. The smallest absolute Gasteiger partial charge is 0.313 e. The number of carbonyl (C=O) groups is 2. The van der Waals surface area contributed by atoms with Crippen molar-refractivity contribution in [2.45, 2.75) is 12.8 Å². The summed E-state index contributed by atoms with van der Waals surface area (Å²) in [6.45, 7) is 4.23. The van der Waals surface area contributed by atoms with Crippen molar-refractivity contribution in [1.82, 2.24) is 10.2 Å². The second kappa shape index (κ2) is 10.0. The fraction of sp³-hybridized carbons (Fsp3) is 0.556. The maximum absolute atomic E-state index is 11.9. The number of nitrogens with one attached hydrogen (secondary N) is 2. The number of rotatable bonds is 7. The van der Waals surface area contributed by atoms with Crippen molar-refractivity contribution in [1.29, 1.82) is 0 Å². The first kappa shape index (κ1) is 19.2. The highest BCUT2D eigenvalue weighted by atomic mass is 16.5. The second-order valence-corrected chi connectivity index (χ2v) is 6.17. The molecule has 1 aliphatic rings. The molecule has 7 heteroatoms. The van der Waals surface area contributed by atoms with E-state index in [2.05, 4.69) is 15.5 Å². The summed E-state index contributed by atoms with van der Waals surface area (Å²) in [4.78, 5) is 26.2. The lowest BCUT2D eigenvalue weighted by molar-refractivity contribution is -0.136. The van der Waals surface area contributed by atoms with E-state index in [9.17, 15) is 9.59 Å². The van der Waals surface area contributed by atoms with E-state index in [1.165, 1.54) is 0 Å². The van der Waals surface area contributed by atoms with Crippen LogP contribution in [0, 0.1) is 5.92 Å². The first-order valence-electron chi connectivity index (χ1n) is 8.57. The minimum atomic E-state index is -0.650. The van der Waals surface area contributed by atoms with Gasteiger partial charge in [0.25, 0.3) is 0 Å². The first-order valence-corrected chi connectivity index (χ1v) is 8.57. The lowest BCUT2D eigenvalue weighted by atomic mass is 9.97. The summed E-state index contributed by atoms with van der Waals surface area (Å²) >= 11 is 0. The number of methoxy groups -OCH3 is 2. The molecule has 1 heterocycles. The van der Waals surface area contributed by atoms with E-state index >= 15 is 0 Å². The maximum Gasteiger partial charge on any atom is 0.313 e. The molecule has 1 aromatic carbocycles. The number of amides is 2. The van der Waals surface area contributed by atoms with Gasteiger partial charge < -0.3 is 25.0 Å². The van der Waals surface area contributed by atoms with Crippen LogP contribution in [-0.2, 0) is 14.3 Å². The Morgan fingerprint density at radius 1 is 1.12 bits per heavy atom. The molecule has 0 unspecified atom stereocenters. The molecule has 25 heavy (non-hydrogen) atoms. The topological polar surface area (TPSA) is 79.9 Å². The number of anilines is 1. The van der Waals surface area contributed by atoms with Crippen molar-refractivity contribution in [2.75, 3.05) is 52.3 Å². The van der Waals surface area contributed by atoms with Crippen molar-refractivity contribution in [3.05, 3.63) is 24.3 Å². The normalized spacial score (nSPS) is 15.6. The quantitative estimate of drug-likeness (QED) is 0.721. The van der Waals surface area contributed by atoms with E-state index in [-0.39, 0.29) is 0 Å². The standard InChI is InChI=1S/C18H27N3O4/c1-24-12-11-21-9-7-14(8-10-21)13-19-17(22)18(23)20-15-3-5-16(25-2)6-4-15/h3-6,14H,7-13H2,1-2H3,(H,19,22)(H,20,23). The van der Waals surface area contributed by atoms with Gasteiger partial charge in [-0.25, -0.2) is 0 Å². The zero-order valence-electron chi connectivity index (χ0n) is 14.9. The summed E-state index contributed by atoms with van der Waals surface area (Å²) in [6, 6.07) is 6.84. The molecule has 0 spiro atoms. The van der Waals surface area contributed by atoms with Gasteiger partial charge in [0.2, 0.25) is 0 Å². The molecule has 0 aliphatic carbocycles. The molecule has 0 atom stereocenters. The number of carbonyl (C=O) groups excluding carboxylic acids is 2. The Hall–Kier alpha value is -2.12. The lowest BCUT2D eigenvalue weighted by Gasteiger charge is -2.31. The Morgan fingerprint density at radius 3 is 2.40 bits per heavy atom. The average Bonchev–Trinajstić information content (AvgIpc) is 2.65. The summed E-state index contributed by atoms with van der Waals surface area (Å²) in [5, 5.41) is 5.32. The van der Waals surface area contributed by atoms with Gasteiger partial charge >= 0.3 is 11.8 Å². The van der Waals surface area contributed by atoms with Crippen LogP contribution in [0.25, 0.3) is 0 Å². The molecule has 0 aromatic heterocycles. The van der Waals surface area contributed by atoms with Crippen molar-refractivity contribution >= 4 is 17.5 Å². The highest BCUT2D eigenvalue weighted by Crippen LogP contribution is 2.16. The van der Waals surface area contributed by atoms with E-state index in [4.69, 9.17) is 9.47 Å². The molecule has 2 rings (SSSR count). The Balaban J connectivity index is 1.68. The van der Waals surface area contributed by atoms with E-state index in [1.807, 2.05) is 0 Å². The summed E-state index contributed by atoms with van der Waals surface area (Å²) in [5.41, 5.74) is 0.562. The zero-order valence-corrected chi connectivity index (χ0v) is 14.9. The van der Waals surface area contributed by atoms with Crippen LogP contribution in [0.3, 0.4) is 0 Å². The second-order valence-electron chi connectivity index (χ2n) is 6.17. The number of ether oxygens (including phenoxy) is 2. The molecule has 0 bridgehead atoms. The molecule has 1 aromatic rings. The molecule has 1 fully saturated rings. The van der Waals surface area contributed by atoms with E-state index < -0.39 is 11.8 Å². The number of benzene rings is 1. The summed E-state index contributed by atoms with van der Waals surface area (Å²) in [5.74, 6) is -0.142. The van der Waals surface area contributed by atoms with Gasteiger partial charge in [-0.15, -0.1) is 0 Å². The Bertz CT molecular complexity index is 554. The van der Waals surface area contributed by atoms with Gasteiger partial charge in [0.1, 0.15) is 5.75 Å².